The zero-order chi connectivity index (χ0) is 11.7. The third-order valence-electron chi connectivity index (χ3n) is 4.00. The van der Waals surface area contributed by atoms with Crippen molar-refractivity contribution in [2.45, 2.75) is 45.6 Å². The van der Waals surface area contributed by atoms with Crippen LogP contribution in [0.2, 0.25) is 0 Å². The fraction of sp³-hybridized carbons (Fsp3) is 0.923. The van der Waals surface area contributed by atoms with E-state index in [4.69, 9.17) is 11.6 Å². The van der Waals surface area contributed by atoms with Gasteiger partial charge in [-0.2, -0.15) is 0 Å². The van der Waals surface area contributed by atoms with Crippen molar-refractivity contribution in [3.05, 3.63) is 0 Å². The second kappa shape index (κ2) is 4.95. The van der Waals surface area contributed by atoms with Crippen molar-refractivity contribution in [1.82, 2.24) is 5.32 Å². The van der Waals surface area contributed by atoms with Crippen molar-refractivity contribution in [3.8, 4) is 0 Å². The zero-order valence-corrected chi connectivity index (χ0v) is 11.0. The van der Waals surface area contributed by atoms with Crippen LogP contribution in [0.25, 0.3) is 0 Å². The number of hydrogen-bond donors (Lipinski definition) is 1. The van der Waals surface area contributed by atoms with E-state index in [1.165, 1.54) is 19.3 Å². The molecule has 1 N–H and O–H groups in total. The highest BCUT2D eigenvalue weighted by atomic mass is 35.5. The van der Waals surface area contributed by atoms with E-state index in [1.807, 2.05) is 0 Å². The highest BCUT2D eigenvalue weighted by molar-refractivity contribution is 6.18. The van der Waals surface area contributed by atoms with Gasteiger partial charge in [-0.1, -0.05) is 20.3 Å². The van der Waals surface area contributed by atoms with E-state index in [-0.39, 0.29) is 11.9 Å². The number of rotatable bonds is 5. The van der Waals surface area contributed by atoms with E-state index >= 15 is 0 Å². The maximum absolute atomic E-state index is 12.0. The second-order valence-electron chi connectivity index (χ2n) is 5.77. The fourth-order valence-corrected chi connectivity index (χ4v) is 3.44. The molecule has 0 aromatic heterocycles. The quantitative estimate of drug-likeness (QED) is 0.740. The molecule has 2 aliphatic carbocycles. The van der Waals surface area contributed by atoms with E-state index in [0.29, 0.717) is 29.6 Å². The van der Waals surface area contributed by atoms with E-state index in [1.54, 1.807) is 0 Å². The highest BCUT2D eigenvalue weighted by Gasteiger charge is 2.56. The van der Waals surface area contributed by atoms with Crippen LogP contribution >= 0.6 is 11.6 Å². The van der Waals surface area contributed by atoms with Crippen LogP contribution < -0.4 is 5.32 Å². The standard InChI is InChI=1S/C13H22ClNO/c1-8(2)6-9(7-14)15-13(16)12-10-4-3-5-11(10)12/h8-12H,3-7H2,1-2H3,(H,15,16). The van der Waals surface area contributed by atoms with Crippen molar-refractivity contribution in [1.29, 1.82) is 0 Å². The minimum absolute atomic E-state index is 0.162. The normalized spacial score (nSPS) is 33.6. The van der Waals surface area contributed by atoms with E-state index < -0.39 is 0 Å². The van der Waals surface area contributed by atoms with Crippen molar-refractivity contribution < 1.29 is 4.79 Å². The maximum atomic E-state index is 12.0. The SMILES string of the molecule is CC(C)CC(CCl)NC(=O)C1C2CCCC21. The van der Waals surface area contributed by atoms with Crippen LogP contribution in [0.5, 0.6) is 0 Å². The second-order valence-corrected chi connectivity index (χ2v) is 6.08. The van der Waals surface area contributed by atoms with Gasteiger partial charge in [0.25, 0.3) is 0 Å². The van der Waals surface area contributed by atoms with Gasteiger partial charge in [-0.25, -0.2) is 0 Å². The van der Waals surface area contributed by atoms with Crippen LogP contribution in [0.3, 0.4) is 0 Å². The Morgan fingerprint density at radius 2 is 2.00 bits per heavy atom. The molecular weight excluding hydrogens is 222 g/mol. The molecule has 3 heteroatoms. The number of hydrogen-bond acceptors (Lipinski definition) is 1. The summed E-state index contributed by atoms with van der Waals surface area (Å²) < 4.78 is 0. The Kier molecular flexibility index (Phi) is 3.78. The summed E-state index contributed by atoms with van der Waals surface area (Å²) in [5.74, 6) is 3.12. The smallest absolute Gasteiger partial charge is 0.223 e. The Morgan fingerprint density at radius 1 is 1.38 bits per heavy atom. The predicted molar refractivity (Wildman–Crippen MR) is 66.4 cm³/mol. The Balaban J connectivity index is 1.78. The maximum Gasteiger partial charge on any atom is 0.223 e. The van der Waals surface area contributed by atoms with Gasteiger partial charge in [0, 0.05) is 17.8 Å². The molecule has 0 heterocycles. The molecule has 1 amide bonds. The summed E-state index contributed by atoms with van der Waals surface area (Å²) in [5.41, 5.74) is 0. The Morgan fingerprint density at radius 3 is 2.50 bits per heavy atom. The van der Waals surface area contributed by atoms with Gasteiger partial charge in [-0.15, -0.1) is 11.6 Å². The molecular formula is C13H22ClNO. The lowest BCUT2D eigenvalue weighted by molar-refractivity contribution is -0.123. The first-order valence-corrected chi connectivity index (χ1v) is 7.03. The predicted octanol–water partition coefficient (Wildman–Crippen LogP) is 2.80. The van der Waals surface area contributed by atoms with Gasteiger partial charge in [0.2, 0.25) is 5.91 Å². The lowest BCUT2D eigenvalue weighted by atomic mass is 10.0. The third-order valence-corrected chi connectivity index (χ3v) is 4.37. The lowest BCUT2D eigenvalue weighted by Gasteiger charge is -2.18. The summed E-state index contributed by atoms with van der Waals surface area (Å²) in [7, 11) is 0. The van der Waals surface area contributed by atoms with Gasteiger partial charge in [-0.3, -0.25) is 4.79 Å². The molecule has 0 aromatic carbocycles. The summed E-state index contributed by atoms with van der Waals surface area (Å²) in [6.45, 7) is 4.33. The first-order chi connectivity index (χ1) is 7.63. The average Bonchev–Trinajstić information content (AvgIpc) is 2.71. The molecule has 0 saturated heterocycles. The van der Waals surface area contributed by atoms with Crippen LogP contribution in [-0.2, 0) is 4.79 Å². The zero-order valence-electron chi connectivity index (χ0n) is 10.2. The molecule has 2 nitrogen and oxygen atoms in total. The molecule has 0 aliphatic heterocycles. The van der Waals surface area contributed by atoms with E-state index in [2.05, 4.69) is 19.2 Å². The van der Waals surface area contributed by atoms with Crippen molar-refractivity contribution in [2.75, 3.05) is 5.88 Å². The molecule has 3 unspecified atom stereocenters. The van der Waals surface area contributed by atoms with Gasteiger partial charge in [0.15, 0.2) is 0 Å². The molecule has 0 radical (unpaired) electrons. The number of fused-ring (bicyclic) bond motifs is 1. The summed E-state index contributed by atoms with van der Waals surface area (Å²) in [6, 6.07) is 0.162. The molecule has 3 atom stereocenters. The highest BCUT2D eigenvalue weighted by Crippen LogP contribution is 2.57. The van der Waals surface area contributed by atoms with Crippen LogP contribution in [0.1, 0.15) is 39.5 Å². The molecule has 0 spiro atoms. The monoisotopic (exact) mass is 243 g/mol. The Hall–Kier alpha value is -0.240. The summed E-state index contributed by atoms with van der Waals surface area (Å²) in [4.78, 5) is 12.0. The van der Waals surface area contributed by atoms with Crippen LogP contribution in [0.15, 0.2) is 0 Å². The first kappa shape index (κ1) is 12.2. The molecule has 92 valence electrons. The van der Waals surface area contributed by atoms with Gasteiger partial charge >= 0.3 is 0 Å². The number of amides is 1. The summed E-state index contributed by atoms with van der Waals surface area (Å²) in [5, 5.41) is 3.12. The van der Waals surface area contributed by atoms with Crippen LogP contribution in [0, 0.1) is 23.7 Å². The summed E-state index contributed by atoms with van der Waals surface area (Å²) >= 11 is 5.89. The van der Waals surface area contributed by atoms with Gasteiger partial charge < -0.3 is 5.32 Å². The minimum atomic E-state index is 0.162. The average molecular weight is 244 g/mol. The van der Waals surface area contributed by atoms with Crippen molar-refractivity contribution in [2.24, 2.45) is 23.7 Å². The Bertz CT molecular complexity index is 257. The fourth-order valence-electron chi connectivity index (χ4n) is 3.24. The van der Waals surface area contributed by atoms with Crippen molar-refractivity contribution >= 4 is 17.5 Å². The van der Waals surface area contributed by atoms with Gasteiger partial charge in [0.1, 0.15) is 0 Å². The largest absolute Gasteiger partial charge is 0.352 e. The number of carbonyl (C=O) groups excluding carboxylic acids is 1. The van der Waals surface area contributed by atoms with E-state index in [9.17, 15) is 4.79 Å². The molecule has 16 heavy (non-hydrogen) atoms. The molecule has 2 saturated carbocycles. The molecule has 0 bridgehead atoms. The number of carbonyl (C=O) groups is 1. The molecule has 0 aromatic rings. The topological polar surface area (TPSA) is 29.1 Å². The van der Waals surface area contributed by atoms with Gasteiger partial charge in [-0.05, 0) is 37.0 Å². The molecule has 2 rings (SSSR count). The number of halogens is 1. The van der Waals surface area contributed by atoms with Gasteiger partial charge in [0.05, 0.1) is 0 Å². The third kappa shape index (κ3) is 2.53. The molecule has 2 fully saturated rings. The summed E-state index contributed by atoms with van der Waals surface area (Å²) in [6.07, 6.45) is 4.83. The first-order valence-electron chi connectivity index (χ1n) is 6.49. The molecule has 2 aliphatic rings. The number of nitrogens with one attached hydrogen (secondary N) is 1. The van der Waals surface area contributed by atoms with Crippen LogP contribution in [0.4, 0.5) is 0 Å². The Labute approximate surface area is 103 Å². The van der Waals surface area contributed by atoms with E-state index in [0.717, 1.165) is 6.42 Å². The van der Waals surface area contributed by atoms with Crippen LogP contribution in [-0.4, -0.2) is 17.8 Å². The lowest BCUT2D eigenvalue weighted by Crippen LogP contribution is -2.38. The van der Waals surface area contributed by atoms with Crippen molar-refractivity contribution in [3.63, 3.8) is 0 Å². The number of alkyl halides is 1. The minimum Gasteiger partial charge on any atom is -0.352 e.